The van der Waals surface area contributed by atoms with Gasteiger partial charge in [-0.2, -0.15) is 0 Å². The summed E-state index contributed by atoms with van der Waals surface area (Å²) in [6.45, 7) is -0.978. The molecule has 1 aromatic rings. The number of benzene rings is 1. The van der Waals surface area contributed by atoms with Gasteiger partial charge in [0, 0.05) is 19.2 Å². The van der Waals surface area contributed by atoms with Gasteiger partial charge in [-0.1, -0.05) is 18.2 Å². The molecule has 0 aliphatic rings. The summed E-state index contributed by atoms with van der Waals surface area (Å²) in [5.74, 6) is -0.348. The van der Waals surface area contributed by atoms with Crippen molar-refractivity contribution in [1.82, 2.24) is 4.90 Å². The number of carbonyl (C=O) groups is 1. The van der Waals surface area contributed by atoms with E-state index in [0.717, 1.165) is 0 Å². The van der Waals surface area contributed by atoms with E-state index in [0.29, 0.717) is 5.56 Å². The number of hydrogen-bond donors (Lipinski definition) is 5. The second-order valence-electron chi connectivity index (χ2n) is 4.85. The quantitative estimate of drug-likeness (QED) is 0.405. The maximum Gasteiger partial charge on any atom is 0.253 e. The van der Waals surface area contributed by atoms with Gasteiger partial charge in [-0.15, -0.1) is 0 Å². The third kappa shape index (κ3) is 4.76. The average molecular weight is 299 g/mol. The van der Waals surface area contributed by atoms with Crippen LogP contribution < -0.4 is 0 Å². The highest BCUT2D eigenvalue weighted by Gasteiger charge is 2.31. The Morgan fingerprint density at radius 2 is 1.57 bits per heavy atom. The van der Waals surface area contributed by atoms with E-state index in [1.54, 1.807) is 30.3 Å². The van der Waals surface area contributed by atoms with E-state index in [2.05, 4.69) is 0 Å². The van der Waals surface area contributed by atoms with Crippen LogP contribution in [-0.4, -0.2) is 81.0 Å². The predicted molar refractivity (Wildman–Crippen MR) is 74.5 cm³/mol. The Bertz CT molecular complexity index is 440. The van der Waals surface area contributed by atoms with E-state index >= 15 is 0 Å². The first kappa shape index (κ1) is 17.5. The van der Waals surface area contributed by atoms with Gasteiger partial charge in [-0.25, -0.2) is 0 Å². The molecule has 4 unspecified atom stereocenters. The van der Waals surface area contributed by atoms with Gasteiger partial charge in [0.1, 0.15) is 24.4 Å². The topological polar surface area (TPSA) is 121 Å². The summed E-state index contributed by atoms with van der Waals surface area (Å²) in [6.07, 6.45) is -6.41. The molecule has 0 spiro atoms. The zero-order valence-electron chi connectivity index (χ0n) is 11.7. The van der Waals surface area contributed by atoms with Crippen molar-refractivity contribution in [2.24, 2.45) is 0 Å². The van der Waals surface area contributed by atoms with Crippen molar-refractivity contribution in [3.63, 3.8) is 0 Å². The van der Waals surface area contributed by atoms with Gasteiger partial charge in [0.25, 0.3) is 5.91 Å². The molecule has 0 aromatic heterocycles. The summed E-state index contributed by atoms with van der Waals surface area (Å²) in [6, 6.07) is 8.40. The maximum absolute atomic E-state index is 12.0. The molecule has 0 saturated carbocycles. The van der Waals surface area contributed by atoms with E-state index in [9.17, 15) is 25.2 Å². The second-order valence-corrected chi connectivity index (χ2v) is 4.85. The molecule has 0 heterocycles. The van der Waals surface area contributed by atoms with Gasteiger partial charge < -0.3 is 30.4 Å². The Hall–Kier alpha value is -1.51. The van der Waals surface area contributed by atoms with E-state index in [1.807, 2.05) is 0 Å². The van der Waals surface area contributed by atoms with Gasteiger partial charge in [0.15, 0.2) is 0 Å². The summed E-state index contributed by atoms with van der Waals surface area (Å²) in [5.41, 5.74) is 0.428. The van der Waals surface area contributed by atoms with Crippen molar-refractivity contribution in [2.45, 2.75) is 24.4 Å². The predicted octanol–water partition coefficient (Wildman–Crippen LogP) is -1.81. The Morgan fingerprint density at radius 3 is 2.10 bits per heavy atom. The number of likely N-dealkylation sites (N-methyl/N-ethyl adjacent to an activating group) is 1. The highest BCUT2D eigenvalue weighted by molar-refractivity contribution is 5.93. The lowest BCUT2D eigenvalue weighted by Crippen LogP contribution is -2.49. The van der Waals surface area contributed by atoms with Crippen molar-refractivity contribution in [2.75, 3.05) is 20.2 Å². The lowest BCUT2D eigenvalue weighted by atomic mass is 10.0. The van der Waals surface area contributed by atoms with Crippen LogP contribution in [0, 0.1) is 0 Å². The first-order chi connectivity index (χ1) is 9.88. The molecule has 1 amide bonds. The minimum Gasteiger partial charge on any atom is -0.394 e. The van der Waals surface area contributed by atoms with Crippen molar-refractivity contribution in [3.05, 3.63) is 35.9 Å². The summed E-state index contributed by atoms with van der Waals surface area (Å²) in [7, 11) is 1.44. The van der Waals surface area contributed by atoms with Crippen LogP contribution in [0.1, 0.15) is 10.4 Å². The number of aliphatic hydroxyl groups is 5. The standard InChI is InChI=1S/C14H21NO6/c1-15(14(21)9-5-3-2-4-6-9)7-10(17)12(19)13(20)11(18)8-16/h2-6,10-13,16-20H,7-8H2,1H3. The fourth-order valence-electron chi connectivity index (χ4n) is 1.84. The van der Waals surface area contributed by atoms with Crippen LogP contribution in [0.4, 0.5) is 0 Å². The van der Waals surface area contributed by atoms with Crippen LogP contribution in [0.15, 0.2) is 30.3 Å². The molecule has 0 radical (unpaired) electrons. The second kappa shape index (κ2) is 8.06. The monoisotopic (exact) mass is 299 g/mol. The molecule has 7 nitrogen and oxygen atoms in total. The smallest absolute Gasteiger partial charge is 0.253 e. The molecule has 7 heteroatoms. The Morgan fingerprint density at radius 1 is 1.05 bits per heavy atom. The first-order valence-corrected chi connectivity index (χ1v) is 6.52. The number of aliphatic hydroxyl groups excluding tert-OH is 5. The largest absolute Gasteiger partial charge is 0.394 e. The van der Waals surface area contributed by atoms with E-state index in [-0.39, 0.29) is 12.5 Å². The molecule has 118 valence electrons. The fourth-order valence-corrected chi connectivity index (χ4v) is 1.84. The fraction of sp³-hybridized carbons (Fsp3) is 0.500. The SMILES string of the molecule is CN(CC(O)C(O)C(O)C(O)CO)C(=O)c1ccccc1. The Balaban J connectivity index is 2.61. The maximum atomic E-state index is 12.0. The Labute approximate surface area is 122 Å². The minimum atomic E-state index is -1.70. The van der Waals surface area contributed by atoms with E-state index in [4.69, 9.17) is 5.11 Å². The van der Waals surface area contributed by atoms with Crippen LogP contribution in [0.3, 0.4) is 0 Å². The molecule has 1 aromatic carbocycles. The van der Waals surface area contributed by atoms with Gasteiger partial charge >= 0.3 is 0 Å². The van der Waals surface area contributed by atoms with Crippen molar-refractivity contribution < 1.29 is 30.3 Å². The van der Waals surface area contributed by atoms with Gasteiger partial charge in [0.2, 0.25) is 0 Å². The van der Waals surface area contributed by atoms with Gasteiger partial charge in [-0.05, 0) is 12.1 Å². The number of carbonyl (C=O) groups excluding carboxylic acids is 1. The van der Waals surface area contributed by atoms with Crippen molar-refractivity contribution >= 4 is 5.91 Å². The van der Waals surface area contributed by atoms with Crippen LogP contribution in [0.25, 0.3) is 0 Å². The number of nitrogens with zero attached hydrogens (tertiary/aromatic N) is 1. The van der Waals surface area contributed by atoms with E-state index in [1.165, 1.54) is 11.9 Å². The van der Waals surface area contributed by atoms with E-state index < -0.39 is 31.0 Å². The zero-order chi connectivity index (χ0) is 16.0. The molecule has 0 bridgehead atoms. The summed E-state index contributed by atoms with van der Waals surface area (Å²) < 4.78 is 0. The van der Waals surface area contributed by atoms with Gasteiger partial charge in [-0.3, -0.25) is 4.79 Å². The highest BCUT2D eigenvalue weighted by atomic mass is 16.4. The third-order valence-electron chi connectivity index (χ3n) is 3.15. The number of rotatable bonds is 7. The Kier molecular flexibility index (Phi) is 6.73. The molecule has 1 rings (SSSR count). The van der Waals surface area contributed by atoms with Crippen molar-refractivity contribution in [1.29, 1.82) is 0 Å². The van der Waals surface area contributed by atoms with Crippen LogP contribution in [0.2, 0.25) is 0 Å². The highest BCUT2D eigenvalue weighted by Crippen LogP contribution is 2.09. The van der Waals surface area contributed by atoms with Crippen LogP contribution in [-0.2, 0) is 0 Å². The zero-order valence-corrected chi connectivity index (χ0v) is 11.7. The molecule has 0 saturated heterocycles. The molecular formula is C14H21NO6. The molecule has 21 heavy (non-hydrogen) atoms. The first-order valence-electron chi connectivity index (χ1n) is 6.52. The number of hydrogen-bond acceptors (Lipinski definition) is 6. The molecule has 0 fully saturated rings. The molecule has 5 N–H and O–H groups in total. The lowest BCUT2D eigenvalue weighted by molar-refractivity contribution is -0.117. The summed E-state index contributed by atoms with van der Waals surface area (Å²) in [5, 5.41) is 46.9. The van der Waals surface area contributed by atoms with Gasteiger partial charge in [0.05, 0.1) is 6.61 Å². The van der Waals surface area contributed by atoms with Crippen LogP contribution >= 0.6 is 0 Å². The number of amides is 1. The molecule has 0 aliphatic carbocycles. The summed E-state index contributed by atoms with van der Waals surface area (Å²) >= 11 is 0. The molecule has 0 aliphatic heterocycles. The molecular weight excluding hydrogens is 278 g/mol. The third-order valence-corrected chi connectivity index (χ3v) is 3.15. The minimum absolute atomic E-state index is 0.232. The van der Waals surface area contributed by atoms with Crippen LogP contribution in [0.5, 0.6) is 0 Å². The normalized spacial score (nSPS) is 16.9. The molecule has 4 atom stereocenters. The lowest BCUT2D eigenvalue weighted by Gasteiger charge is -2.28. The summed E-state index contributed by atoms with van der Waals surface area (Å²) in [4.78, 5) is 13.2. The van der Waals surface area contributed by atoms with Crippen molar-refractivity contribution in [3.8, 4) is 0 Å². The average Bonchev–Trinajstić information content (AvgIpc) is 2.52.